The number of hydrogen-bond acceptors (Lipinski definition) is 4. The number of carbonyl (C=O) groups is 1. The van der Waals surface area contributed by atoms with Gasteiger partial charge in [-0.2, -0.15) is 0 Å². The molecule has 0 spiro atoms. The number of nitrogens with one attached hydrogen (secondary N) is 1. The number of amides is 1. The van der Waals surface area contributed by atoms with Crippen LogP contribution < -0.4 is 15.4 Å². The summed E-state index contributed by atoms with van der Waals surface area (Å²) >= 11 is 0. The zero-order valence-corrected chi connectivity index (χ0v) is 11.5. The fourth-order valence-electron chi connectivity index (χ4n) is 2.18. The molecule has 1 aromatic rings. The monoisotopic (exact) mass is 283 g/mol. The fourth-order valence-corrected chi connectivity index (χ4v) is 2.91. The summed E-state index contributed by atoms with van der Waals surface area (Å²) in [4.78, 5) is 13.4. The van der Waals surface area contributed by atoms with Crippen LogP contribution in [-0.2, 0) is 21.4 Å². The lowest BCUT2D eigenvalue weighted by atomic mass is 10.2. The van der Waals surface area contributed by atoms with E-state index in [9.17, 15) is 13.2 Å². The normalized spacial score (nSPS) is 20.0. The largest absolute Gasteiger partial charge is 0.316 e. The van der Waals surface area contributed by atoms with Gasteiger partial charge >= 0.3 is 0 Å². The Balaban J connectivity index is 2.23. The SMILES string of the molecule is CNCc1cccc(N2CC(S(N)(=O)=O)CC2=O)c1. The number of benzene rings is 1. The van der Waals surface area contributed by atoms with E-state index in [1.165, 1.54) is 4.90 Å². The van der Waals surface area contributed by atoms with Gasteiger partial charge in [0.25, 0.3) is 0 Å². The van der Waals surface area contributed by atoms with E-state index in [2.05, 4.69) is 5.32 Å². The predicted molar refractivity (Wildman–Crippen MR) is 73.1 cm³/mol. The molecule has 19 heavy (non-hydrogen) atoms. The molecule has 1 fully saturated rings. The highest BCUT2D eigenvalue weighted by molar-refractivity contribution is 7.89. The summed E-state index contributed by atoms with van der Waals surface area (Å²) in [6.45, 7) is 0.815. The number of rotatable bonds is 4. The number of anilines is 1. The van der Waals surface area contributed by atoms with Crippen LogP contribution in [0.1, 0.15) is 12.0 Å². The summed E-state index contributed by atoms with van der Waals surface area (Å²) in [5.41, 5.74) is 1.75. The summed E-state index contributed by atoms with van der Waals surface area (Å²) in [7, 11) is -1.83. The first kappa shape index (κ1) is 14.0. The lowest BCUT2D eigenvalue weighted by molar-refractivity contribution is -0.117. The zero-order valence-electron chi connectivity index (χ0n) is 10.7. The van der Waals surface area contributed by atoms with Crippen LogP contribution in [0, 0.1) is 0 Å². The first-order chi connectivity index (χ1) is 8.91. The van der Waals surface area contributed by atoms with E-state index in [4.69, 9.17) is 5.14 Å². The Morgan fingerprint density at radius 1 is 1.47 bits per heavy atom. The van der Waals surface area contributed by atoms with Crippen molar-refractivity contribution in [1.29, 1.82) is 0 Å². The quantitative estimate of drug-likeness (QED) is 0.800. The first-order valence-electron chi connectivity index (χ1n) is 5.97. The highest BCUT2D eigenvalue weighted by Crippen LogP contribution is 2.24. The number of carbonyl (C=O) groups excluding carboxylic acids is 1. The maximum absolute atomic E-state index is 11.9. The van der Waals surface area contributed by atoms with Gasteiger partial charge in [-0.15, -0.1) is 0 Å². The highest BCUT2D eigenvalue weighted by atomic mass is 32.2. The molecule has 104 valence electrons. The van der Waals surface area contributed by atoms with Gasteiger partial charge in [-0.1, -0.05) is 12.1 Å². The minimum absolute atomic E-state index is 0.0465. The molecule has 1 aromatic carbocycles. The van der Waals surface area contributed by atoms with Gasteiger partial charge in [0.05, 0.1) is 0 Å². The van der Waals surface area contributed by atoms with Gasteiger partial charge in [0, 0.05) is 25.2 Å². The van der Waals surface area contributed by atoms with Crippen LogP contribution in [0.2, 0.25) is 0 Å². The standard InChI is InChI=1S/C12H17N3O3S/c1-14-7-9-3-2-4-10(5-9)15-8-11(6-12(15)16)19(13,17)18/h2-5,11,14H,6-8H2,1H3,(H2,13,17,18). The Morgan fingerprint density at radius 3 is 2.79 bits per heavy atom. The Kier molecular flexibility index (Phi) is 3.88. The van der Waals surface area contributed by atoms with Crippen molar-refractivity contribution < 1.29 is 13.2 Å². The Bertz CT molecular complexity index is 586. The second kappa shape index (κ2) is 5.28. The number of primary sulfonamides is 1. The van der Waals surface area contributed by atoms with Gasteiger partial charge in [0.2, 0.25) is 15.9 Å². The molecule has 1 aliphatic rings. The van der Waals surface area contributed by atoms with Gasteiger partial charge in [-0.3, -0.25) is 4.79 Å². The minimum Gasteiger partial charge on any atom is -0.316 e. The molecule has 6 nitrogen and oxygen atoms in total. The topological polar surface area (TPSA) is 92.5 Å². The molecule has 1 saturated heterocycles. The third-order valence-corrected chi connectivity index (χ3v) is 4.40. The van der Waals surface area contributed by atoms with E-state index in [0.29, 0.717) is 12.2 Å². The Morgan fingerprint density at radius 2 is 2.21 bits per heavy atom. The summed E-state index contributed by atoms with van der Waals surface area (Å²) in [5.74, 6) is -0.208. The van der Waals surface area contributed by atoms with Crippen molar-refractivity contribution in [1.82, 2.24) is 5.32 Å². The molecule has 0 saturated carbocycles. The van der Waals surface area contributed by atoms with Gasteiger partial charge in [-0.05, 0) is 24.7 Å². The smallest absolute Gasteiger partial charge is 0.228 e. The van der Waals surface area contributed by atoms with Gasteiger partial charge in [0.1, 0.15) is 5.25 Å². The average molecular weight is 283 g/mol. The Hall–Kier alpha value is -1.44. The lowest BCUT2D eigenvalue weighted by Gasteiger charge is -2.17. The number of hydrogen-bond donors (Lipinski definition) is 2. The van der Waals surface area contributed by atoms with Crippen LogP contribution in [0.5, 0.6) is 0 Å². The highest BCUT2D eigenvalue weighted by Gasteiger charge is 2.37. The predicted octanol–water partition coefficient (Wildman–Crippen LogP) is -0.200. The lowest BCUT2D eigenvalue weighted by Crippen LogP contribution is -2.32. The van der Waals surface area contributed by atoms with Gasteiger partial charge in [0.15, 0.2) is 0 Å². The fraction of sp³-hybridized carbons (Fsp3) is 0.417. The molecule has 0 aliphatic carbocycles. The number of sulfonamides is 1. The van der Waals surface area contributed by atoms with E-state index in [-0.39, 0.29) is 18.9 Å². The molecule has 1 unspecified atom stereocenters. The van der Waals surface area contributed by atoms with Crippen molar-refractivity contribution in [3.05, 3.63) is 29.8 Å². The summed E-state index contributed by atoms with van der Waals surface area (Å²) < 4.78 is 22.6. The van der Waals surface area contributed by atoms with E-state index in [0.717, 1.165) is 5.56 Å². The number of nitrogens with two attached hydrogens (primary N) is 1. The molecule has 0 bridgehead atoms. The molecule has 0 radical (unpaired) electrons. The molecule has 1 heterocycles. The van der Waals surface area contributed by atoms with Crippen molar-refractivity contribution in [2.45, 2.75) is 18.2 Å². The van der Waals surface area contributed by atoms with Crippen LogP contribution in [0.4, 0.5) is 5.69 Å². The zero-order chi connectivity index (χ0) is 14.0. The maximum Gasteiger partial charge on any atom is 0.228 e. The minimum atomic E-state index is -3.67. The molecular weight excluding hydrogens is 266 g/mol. The summed E-state index contributed by atoms with van der Waals surface area (Å²) in [6.07, 6.45) is -0.0465. The molecule has 0 aromatic heterocycles. The van der Waals surface area contributed by atoms with Crippen molar-refractivity contribution in [2.75, 3.05) is 18.5 Å². The van der Waals surface area contributed by atoms with Crippen LogP contribution in [0.25, 0.3) is 0 Å². The van der Waals surface area contributed by atoms with Gasteiger partial charge in [-0.25, -0.2) is 13.6 Å². The van der Waals surface area contributed by atoms with Crippen LogP contribution in [0.15, 0.2) is 24.3 Å². The van der Waals surface area contributed by atoms with Crippen LogP contribution in [-0.4, -0.2) is 33.2 Å². The van der Waals surface area contributed by atoms with E-state index in [1.807, 2.05) is 25.2 Å². The third-order valence-electron chi connectivity index (χ3n) is 3.16. The van der Waals surface area contributed by atoms with Crippen LogP contribution >= 0.6 is 0 Å². The molecule has 2 rings (SSSR count). The third kappa shape index (κ3) is 3.12. The molecule has 1 amide bonds. The van der Waals surface area contributed by atoms with Gasteiger partial charge < -0.3 is 10.2 Å². The van der Waals surface area contributed by atoms with Crippen molar-refractivity contribution >= 4 is 21.6 Å². The molecule has 7 heteroatoms. The molecule has 3 N–H and O–H groups in total. The Labute approximate surface area is 112 Å². The van der Waals surface area contributed by atoms with E-state index in [1.54, 1.807) is 6.07 Å². The second-order valence-corrected chi connectivity index (χ2v) is 6.46. The molecule has 1 atom stereocenters. The average Bonchev–Trinajstić information content (AvgIpc) is 2.72. The first-order valence-corrected chi connectivity index (χ1v) is 7.58. The van der Waals surface area contributed by atoms with Crippen molar-refractivity contribution in [3.8, 4) is 0 Å². The number of nitrogens with zero attached hydrogens (tertiary/aromatic N) is 1. The van der Waals surface area contributed by atoms with E-state index >= 15 is 0 Å². The van der Waals surface area contributed by atoms with Crippen molar-refractivity contribution in [3.63, 3.8) is 0 Å². The van der Waals surface area contributed by atoms with Crippen LogP contribution in [0.3, 0.4) is 0 Å². The summed E-state index contributed by atoms with van der Waals surface area (Å²) in [6, 6.07) is 7.46. The summed E-state index contributed by atoms with van der Waals surface area (Å²) in [5, 5.41) is 7.32. The second-order valence-electron chi connectivity index (χ2n) is 4.62. The molecule has 1 aliphatic heterocycles. The van der Waals surface area contributed by atoms with E-state index < -0.39 is 15.3 Å². The molecular formula is C12H17N3O3S. The maximum atomic E-state index is 11.9. The van der Waals surface area contributed by atoms with Crippen molar-refractivity contribution in [2.24, 2.45) is 5.14 Å².